The van der Waals surface area contributed by atoms with Crippen LogP contribution < -0.4 is 9.64 Å². The zero-order valence-electron chi connectivity index (χ0n) is 31.7. The monoisotopic (exact) mass is 758 g/mol. The first-order valence-electron chi connectivity index (χ1n) is 19.8. The molecule has 1 unspecified atom stereocenters. The lowest BCUT2D eigenvalue weighted by Gasteiger charge is -2.26. The topological polar surface area (TPSA) is 61.0 Å². The van der Waals surface area contributed by atoms with Crippen molar-refractivity contribution in [1.82, 2.24) is 24.1 Å². The summed E-state index contributed by atoms with van der Waals surface area (Å²) in [5, 5.41) is 4.53. The molecule has 0 N–H and O–H groups in total. The van der Waals surface area contributed by atoms with Gasteiger partial charge in [0.15, 0.2) is 11.6 Å². The molecule has 0 spiro atoms. The third kappa shape index (κ3) is 5.32. The lowest BCUT2D eigenvalue weighted by Crippen LogP contribution is -2.22. The maximum Gasteiger partial charge on any atom is 0.238 e. The fourth-order valence-electron chi connectivity index (χ4n) is 8.75. The minimum atomic E-state index is -0.333. The first-order valence-corrected chi connectivity index (χ1v) is 19.8. The fraction of sp³-hybridized carbons (Fsp3) is 0.0192. The molecule has 1 aliphatic rings. The molecule has 1 atom stereocenters. The van der Waals surface area contributed by atoms with Crippen LogP contribution >= 0.6 is 0 Å². The lowest BCUT2D eigenvalue weighted by atomic mass is 10.1. The molecule has 0 radical (unpaired) electrons. The van der Waals surface area contributed by atoms with Gasteiger partial charge < -0.3 is 9.30 Å². The minimum Gasteiger partial charge on any atom is -0.464 e. The van der Waals surface area contributed by atoms with Crippen LogP contribution in [0.5, 0.6) is 5.75 Å². The van der Waals surface area contributed by atoms with Gasteiger partial charge in [0.2, 0.25) is 12.2 Å². The molecule has 3 aromatic heterocycles. The van der Waals surface area contributed by atoms with E-state index in [9.17, 15) is 0 Å². The van der Waals surface area contributed by atoms with Gasteiger partial charge in [-0.25, -0.2) is 4.98 Å². The van der Waals surface area contributed by atoms with Crippen LogP contribution in [0, 0.1) is 0 Å². The van der Waals surface area contributed by atoms with Crippen LogP contribution in [0.3, 0.4) is 0 Å². The molecule has 278 valence electrons. The predicted molar refractivity (Wildman–Crippen MR) is 238 cm³/mol. The van der Waals surface area contributed by atoms with Gasteiger partial charge in [-0.1, -0.05) is 140 Å². The zero-order valence-corrected chi connectivity index (χ0v) is 31.7. The Morgan fingerprint density at radius 2 is 0.949 bits per heavy atom. The number of para-hydroxylation sites is 4. The summed E-state index contributed by atoms with van der Waals surface area (Å²) in [4.78, 5) is 17.9. The van der Waals surface area contributed by atoms with Crippen molar-refractivity contribution < 1.29 is 4.74 Å². The van der Waals surface area contributed by atoms with Crippen molar-refractivity contribution in [3.63, 3.8) is 0 Å². The van der Waals surface area contributed by atoms with E-state index in [0.717, 1.165) is 72.3 Å². The van der Waals surface area contributed by atoms with Crippen LogP contribution in [-0.4, -0.2) is 24.1 Å². The van der Waals surface area contributed by atoms with Crippen LogP contribution in [-0.2, 0) is 0 Å². The summed E-state index contributed by atoms with van der Waals surface area (Å²) >= 11 is 0. The molecule has 7 nitrogen and oxygen atoms in total. The van der Waals surface area contributed by atoms with Gasteiger partial charge in [-0.2, -0.15) is 9.97 Å². The summed E-state index contributed by atoms with van der Waals surface area (Å²) in [6.45, 7) is 0. The molecule has 0 aliphatic carbocycles. The van der Waals surface area contributed by atoms with Gasteiger partial charge >= 0.3 is 0 Å². The molecule has 4 heterocycles. The highest BCUT2D eigenvalue weighted by atomic mass is 16.5. The van der Waals surface area contributed by atoms with Crippen molar-refractivity contribution in [2.24, 2.45) is 0 Å². The van der Waals surface area contributed by atoms with Crippen molar-refractivity contribution in [2.45, 2.75) is 6.23 Å². The van der Waals surface area contributed by atoms with E-state index in [1.165, 1.54) is 10.8 Å². The highest BCUT2D eigenvalue weighted by Crippen LogP contribution is 2.49. The molecule has 0 fully saturated rings. The molecule has 8 aromatic carbocycles. The first-order chi connectivity index (χ1) is 29.3. The molecule has 1 aliphatic heterocycles. The second-order valence-electron chi connectivity index (χ2n) is 14.8. The van der Waals surface area contributed by atoms with Crippen molar-refractivity contribution in [2.75, 3.05) is 4.90 Å². The maximum absolute atomic E-state index is 6.69. The van der Waals surface area contributed by atoms with Crippen molar-refractivity contribution in [1.29, 1.82) is 0 Å². The van der Waals surface area contributed by atoms with Gasteiger partial charge in [-0.05, 0) is 60.7 Å². The molecule has 0 saturated heterocycles. The van der Waals surface area contributed by atoms with E-state index in [1.807, 2.05) is 78.9 Å². The SMILES string of the molecule is c1ccc(-c2nc(-c3ccccc3)nc(-n3c4ccc(N5c6ccccc6OC5c5ccccc5)cc4c4cc5c6ccccc6n(-c6ccccc6)c5cc43)n2)cc1. The average Bonchev–Trinajstić information content (AvgIpc) is 3.96. The number of anilines is 2. The summed E-state index contributed by atoms with van der Waals surface area (Å²) in [7, 11) is 0. The van der Waals surface area contributed by atoms with Crippen LogP contribution in [0.4, 0.5) is 11.4 Å². The summed E-state index contributed by atoms with van der Waals surface area (Å²) in [6.07, 6.45) is -0.333. The number of benzene rings is 8. The number of hydrogen-bond acceptors (Lipinski definition) is 5. The Hall–Kier alpha value is -8.03. The van der Waals surface area contributed by atoms with Gasteiger partial charge in [0.1, 0.15) is 5.75 Å². The Morgan fingerprint density at radius 3 is 1.68 bits per heavy atom. The highest BCUT2D eigenvalue weighted by Gasteiger charge is 2.34. The van der Waals surface area contributed by atoms with Crippen LogP contribution in [0.2, 0.25) is 0 Å². The minimum absolute atomic E-state index is 0.333. The number of nitrogens with zero attached hydrogens (tertiary/aromatic N) is 6. The van der Waals surface area contributed by atoms with Crippen molar-refractivity contribution >= 4 is 55.0 Å². The van der Waals surface area contributed by atoms with Crippen LogP contribution in [0.15, 0.2) is 200 Å². The summed E-state index contributed by atoms with van der Waals surface area (Å²) in [5.41, 5.74) is 10.3. The first kappa shape index (κ1) is 33.1. The van der Waals surface area contributed by atoms with E-state index in [2.05, 4.69) is 135 Å². The van der Waals surface area contributed by atoms with E-state index in [1.54, 1.807) is 0 Å². The van der Waals surface area contributed by atoms with Crippen molar-refractivity contribution in [3.8, 4) is 40.2 Å². The Labute approximate surface area is 339 Å². The van der Waals surface area contributed by atoms with E-state index in [0.29, 0.717) is 17.6 Å². The third-order valence-electron chi connectivity index (χ3n) is 11.4. The lowest BCUT2D eigenvalue weighted by molar-refractivity contribution is 0.240. The van der Waals surface area contributed by atoms with Gasteiger partial charge in [-0.15, -0.1) is 0 Å². The van der Waals surface area contributed by atoms with E-state index in [-0.39, 0.29) is 6.23 Å². The Kier molecular flexibility index (Phi) is 7.46. The highest BCUT2D eigenvalue weighted by molar-refractivity contribution is 6.19. The Bertz CT molecular complexity index is 3300. The fourth-order valence-corrected chi connectivity index (χ4v) is 8.75. The largest absolute Gasteiger partial charge is 0.464 e. The zero-order chi connectivity index (χ0) is 38.9. The van der Waals surface area contributed by atoms with Crippen LogP contribution in [0.25, 0.3) is 78.0 Å². The molecular formula is C52H34N6O. The number of aromatic nitrogens is 5. The quantitative estimate of drug-likeness (QED) is 0.169. The maximum atomic E-state index is 6.69. The smallest absolute Gasteiger partial charge is 0.238 e. The second-order valence-corrected chi connectivity index (χ2v) is 14.8. The molecule has 0 saturated carbocycles. The molecule has 12 rings (SSSR count). The molecule has 0 amide bonds. The van der Waals surface area contributed by atoms with Gasteiger partial charge in [0.25, 0.3) is 0 Å². The van der Waals surface area contributed by atoms with Crippen molar-refractivity contribution in [3.05, 3.63) is 206 Å². The number of fused-ring (bicyclic) bond motifs is 7. The number of hydrogen-bond donors (Lipinski definition) is 0. The predicted octanol–water partition coefficient (Wildman–Crippen LogP) is 12.6. The van der Waals surface area contributed by atoms with Gasteiger partial charge in [0, 0.05) is 49.6 Å². The average molecular weight is 759 g/mol. The Balaban J connectivity index is 1.18. The van der Waals surface area contributed by atoms with Gasteiger partial charge in [0.05, 0.1) is 27.8 Å². The summed E-state index contributed by atoms with van der Waals surface area (Å²) < 4.78 is 11.3. The number of ether oxygens (including phenoxy) is 1. The summed E-state index contributed by atoms with van der Waals surface area (Å²) in [6, 6.07) is 69.6. The van der Waals surface area contributed by atoms with Crippen LogP contribution in [0.1, 0.15) is 11.8 Å². The normalized spacial score (nSPS) is 13.7. The molecule has 59 heavy (non-hydrogen) atoms. The summed E-state index contributed by atoms with van der Waals surface area (Å²) in [5.74, 6) is 2.62. The van der Waals surface area contributed by atoms with E-state index < -0.39 is 0 Å². The molecular weight excluding hydrogens is 725 g/mol. The molecule has 0 bridgehead atoms. The van der Waals surface area contributed by atoms with E-state index >= 15 is 0 Å². The standard InChI is InChI=1S/C52H34N6O/c1-5-17-34(18-6-1)49-53-50(35-19-7-2-8-20-35)55-52(54-49)58-44-30-29-38(57-45-27-15-16-28-48(45)59-51(57)36-21-9-3-10-22-36)31-40(44)42-32-41-39-25-13-14-26-43(39)56(46(41)33-47(42)58)37-23-11-4-12-24-37/h1-33,51H. The third-order valence-corrected chi connectivity index (χ3v) is 11.4. The Morgan fingerprint density at radius 1 is 0.390 bits per heavy atom. The molecule has 7 heteroatoms. The molecule has 11 aromatic rings. The number of rotatable bonds is 6. The van der Waals surface area contributed by atoms with E-state index in [4.69, 9.17) is 19.7 Å². The van der Waals surface area contributed by atoms with Gasteiger partial charge in [-0.3, -0.25) is 9.47 Å². The second kappa shape index (κ2) is 13.3.